The standard InChI is InChI=1S/C16H18ClN3O6/c17-12-6-10(3-4-13(12)26-9-14(21)22)7-19-20-16(24)15(23)18-8-11-2-1-5-25-11/h3-4,6-7,11H,1-2,5,8-9H2,(H,18,23)(H,20,24)(H,21,22)/b19-7-/t11-/m0/s1. The van der Waals surface area contributed by atoms with Gasteiger partial charge in [-0.25, -0.2) is 10.2 Å². The molecule has 140 valence electrons. The van der Waals surface area contributed by atoms with Gasteiger partial charge in [0, 0.05) is 13.2 Å². The van der Waals surface area contributed by atoms with E-state index in [0.29, 0.717) is 12.2 Å². The second-order valence-corrected chi connectivity index (χ2v) is 5.82. The molecule has 0 unspecified atom stereocenters. The molecule has 26 heavy (non-hydrogen) atoms. The Morgan fingerprint density at radius 3 is 2.85 bits per heavy atom. The summed E-state index contributed by atoms with van der Waals surface area (Å²) < 4.78 is 10.3. The molecular formula is C16H18ClN3O6. The van der Waals surface area contributed by atoms with Crippen molar-refractivity contribution in [3.8, 4) is 5.75 Å². The van der Waals surface area contributed by atoms with Crippen molar-refractivity contribution in [1.82, 2.24) is 10.7 Å². The van der Waals surface area contributed by atoms with Crippen molar-refractivity contribution in [2.45, 2.75) is 18.9 Å². The molecule has 0 saturated carbocycles. The largest absolute Gasteiger partial charge is 0.480 e. The number of carbonyl (C=O) groups is 3. The number of amides is 2. The summed E-state index contributed by atoms with van der Waals surface area (Å²) in [6.07, 6.45) is 3.03. The van der Waals surface area contributed by atoms with Crippen LogP contribution in [0.4, 0.5) is 0 Å². The van der Waals surface area contributed by atoms with Gasteiger partial charge in [0.25, 0.3) is 0 Å². The molecule has 1 heterocycles. The summed E-state index contributed by atoms with van der Waals surface area (Å²) in [5.41, 5.74) is 2.63. The zero-order chi connectivity index (χ0) is 18.9. The fourth-order valence-electron chi connectivity index (χ4n) is 2.16. The quantitative estimate of drug-likeness (QED) is 0.358. The number of hydrogen-bond donors (Lipinski definition) is 3. The molecule has 1 saturated heterocycles. The molecular weight excluding hydrogens is 366 g/mol. The first-order chi connectivity index (χ1) is 12.5. The first kappa shape index (κ1) is 19.7. The molecule has 0 bridgehead atoms. The van der Waals surface area contributed by atoms with Gasteiger partial charge < -0.3 is 19.9 Å². The zero-order valence-corrected chi connectivity index (χ0v) is 14.5. The van der Waals surface area contributed by atoms with E-state index >= 15 is 0 Å². The van der Waals surface area contributed by atoms with Crippen LogP contribution < -0.4 is 15.5 Å². The molecule has 1 aromatic carbocycles. The van der Waals surface area contributed by atoms with Crippen LogP contribution in [0.15, 0.2) is 23.3 Å². The predicted molar refractivity (Wildman–Crippen MR) is 92.3 cm³/mol. The molecule has 1 aliphatic rings. The highest BCUT2D eigenvalue weighted by atomic mass is 35.5. The van der Waals surface area contributed by atoms with Crippen LogP contribution in [-0.2, 0) is 19.1 Å². The molecule has 3 N–H and O–H groups in total. The summed E-state index contributed by atoms with van der Waals surface area (Å²) in [7, 11) is 0. The smallest absolute Gasteiger partial charge is 0.341 e. The van der Waals surface area contributed by atoms with E-state index < -0.39 is 24.4 Å². The zero-order valence-electron chi connectivity index (χ0n) is 13.7. The minimum Gasteiger partial charge on any atom is -0.480 e. The van der Waals surface area contributed by atoms with Crippen LogP contribution in [0, 0.1) is 0 Å². The van der Waals surface area contributed by atoms with Crippen LogP contribution in [0.25, 0.3) is 0 Å². The molecule has 0 radical (unpaired) electrons. The van der Waals surface area contributed by atoms with E-state index in [1.165, 1.54) is 18.3 Å². The summed E-state index contributed by atoms with van der Waals surface area (Å²) in [6, 6.07) is 4.52. The Balaban J connectivity index is 1.79. The first-order valence-corrected chi connectivity index (χ1v) is 8.20. The van der Waals surface area contributed by atoms with Crippen LogP contribution in [0.3, 0.4) is 0 Å². The highest BCUT2D eigenvalue weighted by Gasteiger charge is 2.18. The number of carboxylic acids is 1. The third-order valence-corrected chi connectivity index (χ3v) is 3.70. The number of hydrogen-bond acceptors (Lipinski definition) is 6. The Morgan fingerprint density at radius 2 is 2.19 bits per heavy atom. The lowest BCUT2D eigenvalue weighted by Crippen LogP contribution is -2.41. The number of nitrogens with zero attached hydrogens (tertiary/aromatic N) is 1. The van der Waals surface area contributed by atoms with Crippen molar-refractivity contribution in [2.75, 3.05) is 19.8 Å². The minimum absolute atomic E-state index is 0.0562. The Labute approximate surface area is 154 Å². The van der Waals surface area contributed by atoms with Gasteiger partial charge in [0.2, 0.25) is 0 Å². The van der Waals surface area contributed by atoms with Crippen LogP contribution in [-0.4, -0.2) is 55.0 Å². The van der Waals surface area contributed by atoms with E-state index in [1.807, 2.05) is 0 Å². The van der Waals surface area contributed by atoms with Gasteiger partial charge in [-0.2, -0.15) is 5.10 Å². The average molecular weight is 384 g/mol. The second-order valence-electron chi connectivity index (χ2n) is 5.42. The summed E-state index contributed by atoms with van der Waals surface area (Å²) in [5.74, 6) is -2.60. The Morgan fingerprint density at radius 1 is 1.38 bits per heavy atom. The number of rotatable bonds is 7. The fourth-order valence-corrected chi connectivity index (χ4v) is 2.41. The summed E-state index contributed by atoms with van der Waals surface area (Å²) in [4.78, 5) is 33.7. The van der Waals surface area contributed by atoms with E-state index in [9.17, 15) is 14.4 Å². The van der Waals surface area contributed by atoms with Gasteiger partial charge in [0.05, 0.1) is 17.3 Å². The number of benzene rings is 1. The molecule has 0 spiro atoms. The molecule has 1 aliphatic heterocycles. The maximum absolute atomic E-state index is 11.6. The monoisotopic (exact) mass is 383 g/mol. The van der Waals surface area contributed by atoms with E-state index in [2.05, 4.69) is 15.8 Å². The lowest BCUT2D eigenvalue weighted by Gasteiger charge is -2.09. The normalized spacial score (nSPS) is 16.4. The SMILES string of the molecule is O=C(O)COc1ccc(/C=N\NC(=O)C(=O)NC[C@@H]2CCCO2)cc1Cl. The van der Waals surface area contributed by atoms with E-state index in [1.54, 1.807) is 6.07 Å². The minimum atomic E-state index is -1.12. The molecule has 1 aromatic rings. The van der Waals surface area contributed by atoms with Crippen molar-refractivity contribution in [1.29, 1.82) is 0 Å². The van der Waals surface area contributed by atoms with Gasteiger partial charge in [0.15, 0.2) is 6.61 Å². The molecule has 1 fully saturated rings. The maximum atomic E-state index is 11.6. The molecule has 0 aliphatic carbocycles. The number of aliphatic carboxylic acids is 1. The Kier molecular flexibility index (Phi) is 7.37. The van der Waals surface area contributed by atoms with Gasteiger partial charge in [-0.3, -0.25) is 9.59 Å². The second kappa shape index (κ2) is 9.73. The van der Waals surface area contributed by atoms with E-state index in [-0.39, 0.29) is 23.4 Å². The molecule has 9 nitrogen and oxygen atoms in total. The third kappa shape index (κ3) is 6.34. The highest BCUT2D eigenvalue weighted by Crippen LogP contribution is 2.24. The maximum Gasteiger partial charge on any atom is 0.341 e. The Hall–Kier alpha value is -2.65. The van der Waals surface area contributed by atoms with E-state index in [4.69, 9.17) is 26.2 Å². The molecule has 2 amide bonds. The van der Waals surface area contributed by atoms with Gasteiger partial charge in [-0.05, 0) is 36.6 Å². The van der Waals surface area contributed by atoms with Crippen LogP contribution in [0.2, 0.25) is 5.02 Å². The van der Waals surface area contributed by atoms with Crippen LogP contribution in [0.1, 0.15) is 18.4 Å². The number of hydrazone groups is 1. The predicted octanol–water partition coefficient (Wildman–Crippen LogP) is 0.549. The van der Waals surface area contributed by atoms with Crippen LogP contribution in [0.5, 0.6) is 5.75 Å². The van der Waals surface area contributed by atoms with Crippen molar-refractivity contribution >= 4 is 35.6 Å². The third-order valence-electron chi connectivity index (χ3n) is 3.41. The topological polar surface area (TPSA) is 126 Å². The van der Waals surface area contributed by atoms with Gasteiger partial charge in [0.1, 0.15) is 5.75 Å². The number of ether oxygens (including phenoxy) is 2. The lowest BCUT2D eigenvalue weighted by atomic mass is 10.2. The van der Waals surface area contributed by atoms with Crippen molar-refractivity contribution in [3.05, 3.63) is 28.8 Å². The lowest BCUT2D eigenvalue weighted by molar-refractivity contribution is -0.139. The molecule has 10 heteroatoms. The number of halogens is 1. The number of nitrogens with one attached hydrogen (secondary N) is 2. The van der Waals surface area contributed by atoms with Crippen molar-refractivity contribution < 1.29 is 29.0 Å². The van der Waals surface area contributed by atoms with Gasteiger partial charge in [-0.1, -0.05) is 11.6 Å². The van der Waals surface area contributed by atoms with Gasteiger partial charge in [-0.15, -0.1) is 0 Å². The molecule has 0 aromatic heterocycles. The summed E-state index contributed by atoms with van der Waals surface area (Å²) >= 11 is 5.97. The fraction of sp³-hybridized carbons (Fsp3) is 0.375. The highest BCUT2D eigenvalue weighted by molar-refractivity contribution is 6.35. The van der Waals surface area contributed by atoms with Crippen molar-refractivity contribution in [3.63, 3.8) is 0 Å². The number of carboxylic acid groups (broad SMARTS) is 1. The van der Waals surface area contributed by atoms with Crippen LogP contribution >= 0.6 is 11.6 Å². The first-order valence-electron chi connectivity index (χ1n) is 7.82. The number of carbonyl (C=O) groups excluding carboxylic acids is 2. The Bertz CT molecular complexity index is 703. The summed E-state index contributed by atoms with van der Waals surface area (Å²) in [6.45, 7) is 0.438. The summed E-state index contributed by atoms with van der Waals surface area (Å²) in [5, 5.41) is 14.9. The van der Waals surface area contributed by atoms with Gasteiger partial charge >= 0.3 is 17.8 Å². The molecule has 1 atom stereocenters. The molecule has 2 rings (SSSR count). The van der Waals surface area contributed by atoms with E-state index in [0.717, 1.165) is 12.8 Å². The average Bonchev–Trinajstić information content (AvgIpc) is 3.12. The van der Waals surface area contributed by atoms with Crippen molar-refractivity contribution in [2.24, 2.45) is 5.10 Å².